The maximum absolute atomic E-state index is 12.6. The number of carboxylic acids is 1. The van der Waals surface area contributed by atoms with Crippen molar-refractivity contribution in [1.82, 2.24) is 10.3 Å². The Balaban J connectivity index is 1.86. The summed E-state index contributed by atoms with van der Waals surface area (Å²) in [5, 5.41) is 13.0. The number of nitrogens with one attached hydrogen (secondary N) is 1. The SMILES string of the molecule is O=C(N[C@@H](Cc1ccccc1I)C(=O)O)c1cccc2cccnc12. The number of hydrogen-bond donors (Lipinski definition) is 2. The van der Waals surface area contributed by atoms with Crippen molar-refractivity contribution in [3.05, 3.63) is 75.5 Å². The Labute approximate surface area is 158 Å². The second-order valence-corrected chi connectivity index (χ2v) is 6.70. The molecule has 1 aromatic heterocycles. The van der Waals surface area contributed by atoms with Crippen LogP contribution in [0.3, 0.4) is 0 Å². The Morgan fingerprint density at radius 1 is 1.08 bits per heavy atom. The van der Waals surface area contributed by atoms with Crippen LogP contribution in [0.25, 0.3) is 10.9 Å². The molecule has 1 atom stereocenters. The largest absolute Gasteiger partial charge is 0.480 e. The van der Waals surface area contributed by atoms with Crippen molar-refractivity contribution >= 4 is 45.4 Å². The number of aromatic nitrogens is 1. The highest BCUT2D eigenvalue weighted by molar-refractivity contribution is 14.1. The monoisotopic (exact) mass is 446 g/mol. The van der Waals surface area contributed by atoms with Crippen LogP contribution in [0.1, 0.15) is 15.9 Å². The summed E-state index contributed by atoms with van der Waals surface area (Å²) in [4.78, 5) is 28.5. The third kappa shape index (κ3) is 3.96. The molecular formula is C19H15IN2O3. The Morgan fingerprint density at radius 3 is 2.60 bits per heavy atom. The van der Waals surface area contributed by atoms with E-state index in [1.807, 2.05) is 36.4 Å². The molecule has 2 aromatic carbocycles. The van der Waals surface area contributed by atoms with E-state index in [0.717, 1.165) is 14.5 Å². The van der Waals surface area contributed by atoms with Gasteiger partial charge in [-0.25, -0.2) is 4.79 Å². The first kappa shape index (κ1) is 17.3. The lowest BCUT2D eigenvalue weighted by Gasteiger charge is -2.16. The number of nitrogens with zero attached hydrogens (tertiary/aromatic N) is 1. The second-order valence-electron chi connectivity index (χ2n) is 5.54. The van der Waals surface area contributed by atoms with Crippen LogP contribution in [0.4, 0.5) is 0 Å². The zero-order chi connectivity index (χ0) is 17.8. The summed E-state index contributed by atoms with van der Waals surface area (Å²) >= 11 is 2.16. The van der Waals surface area contributed by atoms with Crippen LogP contribution >= 0.6 is 22.6 Å². The van der Waals surface area contributed by atoms with Gasteiger partial charge in [-0.2, -0.15) is 0 Å². The highest BCUT2D eigenvalue weighted by Crippen LogP contribution is 2.17. The van der Waals surface area contributed by atoms with Crippen LogP contribution in [0.2, 0.25) is 0 Å². The average molecular weight is 446 g/mol. The first-order valence-electron chi connectivity index (χ1n) is 7.67. The zero-order valence-electron chi connectivity index (χ0n) is 13.1. The van der Waals surface area contributed by atoms with Crippen molar-refractivity contribution in [3.8, 4) is 0 Å². The molecule has 0 aliphatic carbocycles. The summed E-state index contributed by atoms with van der Waals surface area (Å²) in [7, 11) is 0. The quantitative estimate of drug-likeness (QED) is 0.590. The van der Waals surface area contributed by atoms with Crippen molar-refractivity contribution in [1.29, 1.82) is 0 Å². The number of carboxylic acid groups (broad SMARTS) is 1. The van der Waals surface area contributed by atoms with Crippen molar-refractivity contribution in [2.45, 2.75) is 12.5 Å². The fraction of sp³-hybridized carbons (Fsp3) is 0.105. The van der Waals surface area contributed by atoms with Gasteiger partial charge in [-0.15, -0.1) is 0 Å². The molecule has 0 saturated carbocycles. The Morgan fingerprint density at radius 2 is 1.84 bits per heavy atom. The first-order valence-corrected chi connectivity index (χ1v) is 8.75. The molecule has 1 heterocycles. The van der Waals surface area contributed by atoms with Crippen molar-refractivity contribution in [3.63, 3.8) is 0 Å². The van der Waals surface area contributed by atoms with E-state index in [4.69, 9.17) is 0 Å². The number of benzene rings is 2. The summed E-state index contributed by atoms with van der Waals surface area (Å²) in [5.41, 5.74) is 1.81. The molecule has 2 N–H and O–H groups in total. The number of carbonyl (C=O) groups excluding carboxylic acids is 1. The Bertz CT molecular complexity index is 937. The minimum absolute atomic E-state index is 0.221. The molecule has 0 unspecified atom stereocenters. The molecule has 126 valence electrons. The number of para-hydroxylation sites is 1. The van der Waals surface area contributed by atoms with Crippen molar-refractivity contribution in [2.24, 2.45) is 0 Å². The minimum Gasteiger partial charge on any atom is -0.480 e. The standard InChI is InChI=1S/C19H15IN2O3/c20-15-9-2-1-5-13(15)11-16(19(24)25)22-18(23)14-8-3-6-12-7-4-10-21-17(12)14/h1-10,16H,11H2,(H,22,23)(H,24,25)/t16-/m0/s1. The van der Waals surface area contributed by atoms with Gasteiger partial charge in [0.2, 0.25) is 0 Å². The second kappa shape index (κ2) is 7.60. The van der Waals surface area contributed by atoms with Gasteiger partial charge in [-0.1, -0.05) is 36.4 Å². The fourth-order valence-electron chi connectivity index (χ4n) is 2.61. The van der Waals surface area contributed by atoms with Gasteiger partial charge < -0.3 is 10.4 Å². The number of amides is 1. The van der Waals surface area contributed by atoms with Gasteiger partial charge in [0.1, 0.15) is 6.04 Å². The molecule has 0 bridgehead atoms. The summed E-state index contributed by atoms with van der Waals surface area (Å²) in [5.74, 6) is -1.51. The molecule has 25 heavy (non-hydrogen) atoms. The molecule has 0 aliphatic rings. The molecule has 0 aliphatic heterocycles. The predicted octanol–water partition coefficient (Wildman–Crippen LogP) is 3.27. The minimum atomic E-state index is -1.07. The van der Waals surface area contributed by atoms with Gasteiger partial charge in [0.25, 0.3) is 5.91 Å². The number of rotatable bonds is 5. The molecule has 3 rings (SSSR count). The first-order chi connectivity index (χ1) is 12.1. The number of pyridine rings is 1. The molecular weight excluding hydrogens is 431 g/mol. The van der Waals surface area contributed by atoms with E-state index in [9.17, 15) is 14.7 Å². The van der Waals surface area contributed by atoms with Crippen molar-refractivity contribution < 1.29 is 14.7 Å². The molecule has 0 saturated heterocycles. The van der Waals surface area contributed by atoms with E-state index in [1.165, 1.54) is 0 Å². The lowest BCUT2D eigenvalue weighted by molar-refractivity contribution is -0.139. The molecule has 0 radical (unpaired) electrons. The van der Waals surface area contributed by atoms with Gasteiger partial charge in [-0.3, -0.25) is 9.78 Å². The topological polar surface area (TPSA) is 79.3 Å². The Kier molecular flexibility index (Phi) is 5.28. The number of aliphatic carboxylic acids is 1. The van der Waals surface area contributed by atoms with E-state index >= 15 is 0 Å². The molecule has 5 nitrogen and oxygen atoms in total. The summed E-state index contributed by atoms with van der Waals surface area (Å²) in [6, 6.07) is 15.4. The van der Waals surface area contributed by atoms with Crippen LogP contribution in [0, 0.1) is 3.57 Å². The van der Waals surface area contributed by atoms with Crippen LogP contribution in [0.15, 0.2) is 60.8 Å². The Hall–Kier alpha value is -2.48. The number of halogens is 1. The maximum Gasteiger partial charge on any atom is 0.326 e. The van der Waals surface area contributed by atoms with Gasteiger partial charge in [0, 0.05) is 21.6 Å². The summed E-state index contributed by atoms with van der Waals surface area (Å²) in [6.07, 6.45) is 1.83. The van der Waals surface area contributed by atoms with Crippen LogP contribution in [0.5, 0.6) is 0 Å². The summed E-state index contributed by atoms with van der Waals surface area (Å²) in [6.45, 7) is 0. The number of hydrogen-bond acceptors (Lipinski definition) is 3. The average Bonchev–Trinajstić information content (AvgIpc) is 2.62. The molecule has 3 aromatic rings. The van der Waals surface area contributed by atoms with E-state index in [0.29, 0.717) is 11.1 Å². The smallest absolute Gasteiger partial charge is 0.326 e. The van der Waals surface area contributed by atoms with E-state index in [1.54, 1.807) is 24.4 Å². The third-order valence-electron chi connectivity index (χ3n) is 3.86. The van der Waals surface area contributed by atoms with Gasteiger partial charge in [-0.05, 0) is 46.4 Å². The number of fused-ring (bicyclic) bond motifs is 1. The molecule has 1 amide bonds. The van der Waals surface area contributed by atoms with E-state index < -0.39 is 17.9 Å². The maximum atomic E-state index is 12.6. The lowest BCUT2D eigenvalue weighted by atomic mass is 10.0. The molecule has 0 fully saturated rings. The molecule has 0 spiro atoms. The van der Waals surface area contributed by atoms with Crippen molar-refractivity contribution in [2.75, 3.05) is 0 Å². The van der Waals surface area contributed by atoms with Gasteiger partial charge >= 0.3 is 5.97 Å². The lowest BCUT2D eigenvalue weighted by Crippen LogP contribution is -2.42. The third-order valence-corrected chi connectivity index (χ3v) is 4.92. The van der Waals surface area contributed by atoms with Crippen LogP contribution < -0.4 is 5.32 Å². The predicted molar refractivity (Wildman–Crippen MR) is 103 cm³/mol. The highest BCUT2D eigenvalue weighted by Gasteiger charge is 2.23. The molecule has 6 heteroatoms. The number of carbonyl (C=O) groups is 2. The summed E-state index contributed by atoms with van der Waals surface area (Å²) < 4.78 is 0.965. The van der Waals surface area contributed by atoms with E-state index in [-0.39, 0.29) is 6.42 Å². The van der Waals surface area contributed by atoms with Crippen LogP contribution in [-0.4, -0.2) is 28.0 Å². The van der Waals surface area contributed by atoms with E-state index in [2.05, 4.69) is 32.9 Å². The van der Waals surface area contributed by atoms with Gasteiger partial charge in [0.05, 0.1) is 11.1 Å². The van der Waals surface area contributed by atoms with Crippen LogP contribution in [-0.2, 0) is 11.2 Å². The fourth-order valence-corrected chi connectivity index (χ4v) is 3.21. The normalized spacial score (nSPS) is 11.9. The highest BCUT2D eigenvalue weighted by atomic mass is 127. The zero-order valence-corrected chi connectivity index (χ0v) is 15.3. The van der Waals surface area contributed by atoms with Gasteiger partial charge in [0.15, 0.2) is 0 Å².